The van der Waals surface area contributed by atoms with Gasteiger partial charge in [-0.05, 0) is 77.8 Å². The van der Waals surface area contributed by atoms with Crippen molar-refractivity contribution in [3.05, 3.63) is 76.3 Å². The minimum atomic E-state index is -0.224. The molecule has 0 amide bonds. The molecule has 1 aliphatic carbocycles. The summed E-state index contributed by atoms with van der Waals surface area (Å²) >= 11 is 0. The maximum atomic E-state index is 11.7. The molecule has 1 saturated heterocycles. The number of aryl methyl sites for hydroxylation is 1. The topological polar surface area (TPSA) is 63.2 Å². The van der Waals surface area contributed by atoms with Crippen LogP contribution >= 0.6 is 0 Å². The Hall–Kier alpha value is -3.51. The van der Waals surface area contributed by atoms with Crippen molar-refractivity contribution in [3.63, 3.8) is 0 Å². The fourth-order valence-electron chi connectivity index (χ4n) is 5.75. The third-order valence-corrected chi connectivity index (χ3v) is 7.96. The van der Waals surface area contributed by atoms with Crippen LogP contribution in [-0.2, 0) is 33.7 Å². The van der Waals surface area contributed by atoms with Gasteiger partial charge in [0.1, 0.15) is 23.9 Å². The van der Waals surface area contributed by atoms with Crippen molar-refractivity contribution in [2.24, 2.45) is 5.92 Å². The van der Waals surface area contributed by atoms with Gasteiger partial charge in [-0.1, -0.05) is 24.3 Å². The summed E-state index contributed by atoms with van der Waals surface area (Å²) in [5.74, 6) is 2.88. The van der Waals surface area contributed by atoms with Gasteiger partial charge in [0.2, 0.25) is 0 Å². The van der Waals surface area contributed by atoms with E-state index in [1.165, 1.54) is 34.9 Å². The first-order chi connectivity index (χ1) is 18.6. The summed E-state index contributed by atoms with van der Waals surface area (Å²) in [6.45, 7) is 5.52. The molecule has 0 spiro atoms. The normalized spacial score (nSPS) is 19.2. The van der Waals surface area contributed by atoms with Gasteiger partial charge in [-0.25, -0.2) is 0 Å². The molecule has 6 heteroatoms. The van der Waals surface area contributed by atoms with E-state index in [-0.39, 0.29) is 11.9 Å². The summed E-state index contributed by atoms with van der Waals surface area (Å²) in [4.78, 5) is 11.7. The Labute approximate surface area is 223 Å². The van der Waals surface area contributed by atoms with E-state index in [1.54, 1.807) is 0 Å². The molecule has 198 valence electrons. The smallest absolute Gasteiger partial charge is 0.306 e. The van der Waals surface area contributed by atoms with Gasteiger partial charge in [0.05, 0.1) is 33.4 Å². The van der Waals surface area contributed by atoms with Gasteiger partial charge < -0.3 is 23.7 Å². The largest absolute Gasteiger partial charge is 0.493 e. The van der Waals surface area contributed by atoms with Crippen molar-refractivity contribution >= 4 is 5.97 Å². The molecule has 2 aliphatic heterocycles. The molecule has 2 heterocycles. The Morgan fingerprint density at radius 2 is 1.92 bits per heavy atom. The third kappa shape index (κ3) is 4.97. The van der Waals surface area contributed by atoms with Crippen molar-refractivity contribution in [1.82, 2.24) is 0 Å². The number of esters is 1. The summed E-state index contributed by atoms with van der Waals surface area (Å²) in [7, 11) is 1.41. The SMILES string of the molecule is COC(=O)CC1COc2cc(OCc3cccc(-c4c(C)cc(OCC5CCOC5)c5c4CC5)c3)ccc21. The highest BCUT2D eigenvalue weighted by Gasteiger charge is 2.28. The average molecular weight is 515 g/mol. The maximum absolute atomic E-state index is 11.7. The number of methoxy groups -OCH3 is 1. The standard InChI is InChI=1S/C32H34O6/c1-20-12-29(37-18-22-10-11-35-16-22)27-8-9-28(27)32(20)23-5-3-4-21(13-23)17-36-25-6-7-26-24(14-31(33)34-2)19-38-30(26)15-25/h3-7,12-13,15,22,24H,8-11,14,16-19H2,1-2H3. The third-order valence-electron chi connectivity index (χ3n) is 7.96. The van der Waals surface area contributed by atoms with E-state index >= 15 is 0 Å². The number of hydrogen-bond acceptors (Lipinski definition) is 6. The second-order valence-corrected chi connectivity index (χ2v) is 10.5. The molecular formula is C32H34O6. The number of carbonyl (C=O) groups excluding carboxylic acids is 1. The van der Waals surface area contributed by atoms with E-state index in [0.717, 1.165) is 67.5 Å². The molecule has 0 saturated carbocycles. The monoisotopic (exact) mass is 514 g/mol. The van der Waals surface area contributed by atoms with Gasteiger partial charge in [0.15, 0.2) is 0 Å². The summed E-state index contributed by atoms with van der Waals surface area (Å²) in [5.41, 5.74) is 8.71. The molecule has 38 heavy (non-hydrogen) atoms. The Morgan fingerprint density at radius 1 is 1.03 bits per heavy atom. The summed E-state index contributed by atoms with van der Waals surface area (Å²) < 4.78 is 28.5. The lowest BCUT2D eigenvalue weighted by atomic mass is 9.79. The van der Waals surface area contributed by atoms with Gasteiger partial charge in [0.25, 0.3) is 0 Å². The molecule has 0 radical (unpaired) electrons. The molecule has 2 atom stereocenters. The number of carbonyl (C=O) groups is 1. The molecule has 6 rings (SSSR count). The van der Waals surface area contributed by atoms with E-state index in [9.17, 15) is 4.79 Å². The summed E-state index contributed by atoms with van der Waals surface area (Å²) in [5, 5.41) is 0. The van der Waals surface area contributed by atoms with Gasteiger partial charge in [0, 0.05) is 30.1 Å². The van der Waals surface area contributed by atoms with Crippen molar-refractivity contribution in [2.45, 2.75) is 45.1 Å². The van der Waals surface area contributed by atoms with Gasteiger partial charge in [-0.3, -0.25) is 4.79 Å². The molecule has 0 N–H and O–H groups in total. The van der Waals surface area contributed by atoms with Gasteiger partial charge in [-0.15, -0.1) is 0 Å². The highest BCUT2D eigenvalue weighted by Crippen LogP contribution is 2.43. The van der Waals surface area contributed by atoms with E-state index < -0.39 is 0 Å². The van der Waals surface area contributed by atoms with E-state index in [2.05, 4.69) is 37.3 Å². The van der Waals surface area contributed by atoms with Gasteiger partial charge in [-0.2, -0.15) is 0 Å². The molecular weight excluding hydrogens is 480 g/mol. The summed E-state index contributed by atoms with van der Waals surface area (Å²) in [6.07, 6.45) is 3.57. The van der Waals surface area contributed by atoms with E-state index in [1.807, 2.05) is 18.2 Å². The van der Waals surface area contributed by atoms with Crippen molar-refractivity contribution in [2.75, 3.05) is 33.5 Å². The van der Waals surface area contributed by atoms with Crippen molar-refractivity contribution < 1.29 is 28.5 Å². The minimum absolute atomic E-state index is 0.0255. The highest BCUT2D eigenvalue weighted by atomic mass is 16.5. The lowest BCUT2D eigenvalue weighted by molar-refractivity contribution is -0.141. The Bertz CT molecular complexity index is 1340. The number of fused-ring (bicyclic) bond motifs is 2. The summed E-state index contributed by atoms with van der Waals surface area (Å²) in [6, 6.07) is 16.7. The Kier molecular flexibility index (Phi) is 6.98. The second kappa shape index (κ2) is 10.7. The minimum Gasteiger partial charge on any atom is -0.493 e. The molecule has 3 aromatic rings. The van der Waals surface area contributed by atoms with Crippen LogP contribution in [0.5, 0.6) is 17.2 Å². The number of benzene rings is 3. The zero-order valence-electron chi connectivity index (χ0n) is 22.1. The van der Waals surface area contributed by atoms with Crippen LogP contribution in [0.15, 0.2) is 48.5 Å². The maximum Gasteiger partial charge on any atom is 0.306 e. The van der Waals surface area contributed by atoms with Crippen molar-refractivity contribution in [1.29, 1.82) is 0 Å². The number of ether oxygens (including phenoxy) is 5. The number of rotatable bonds is 9. The van der Waals surface area contributed by atoms with Crippen LogP contribution in [0.3, 0.4) is 0 Å². The number of hydrogen-bond donors (Lipinski definition) is 0. The fraction of sp³-hybridized carbons (Fsp3) is 0.406. The predicted molar refractivity (Wildman–Crippen MR) is 144 cm³/mol. The lowest BCUT2D eigenvalue weighted by Gasteiger charge is -2.28. The van der Waals surface area contributed by atoms with Crippen LogP contribution in [-0.4, -0.2) is 39.5 Å². The molecule has 3 aromatic carbocycles. The second-order valence-electron chi connectivity index (χ2n) is 10.5. The van der Waals surface area contributed by atoms with Crippen LogP contribution in [0.4, 0.5) is 0 Å². The van der Waals surface area contributed by atoms with Crippen LogP contribution in [0.25, 0.3) is 11.1 Å². The van der Waals surface area contributed by atoms with Gasteiger partial charge >= 0.3 is 5.97 Å². The van der Waals surface area contributed by atoms with Crippen LogP contribution < -0.4 is 14.2 Å². The zero-order chi connectivity index (χ0) is 26.1. The molecule has 0 aromatic heterocycles. The molecule has 2 unspecified atom stereocenters. The first-order valence-corrected chi connectivity index (χ1v) is 13.5. The van der Waals surface area contributed by atoms with Crippen LogP contribution in [0, 0.1) is 12.8 Å². The molecule has 6 nitrogen and oxygen atoms in total. The fourth-order valence-corrected chi connectivity index (χ4v) is 5.75. The van der Waals surface area contributed by atoms with Crippen molar-refractivity contribution in [3.8, 4) is 28.4 Å². The molecule has 1 fully saturated rings. The lowest BCUT2D eigenvalue weighted by Crippen LogP contribution is -2.17. The predicted octanol–water partition coefficient (Wildman–Crippen LogP) is 5.79. The average Bonchev–Trinajstić information content (AvgIpc) is 3.58. The Balaban J connectivity index is 1.14. The van der Waals surface area contributed by atoms with Crippen LogP contribution in [0.1, 0.15) is 46.6 Å². The van der Waals surface area contributed by atoms with E-state index in [4.69, 9.17) is 23.7 Å². The quantitative estimate of drug-likeness (QED) is 0.337. The van der Waals surface area contributed by atoms with E-state index in [0.29, 0.717) is 25.6 Å². The molecule has 3 aliphatic rings. The highest BCUT2D eigenvalue weighted by molar-refractivity contribution is 5.76. The Morgan fingerprint density at radius 3 is 2.71 bits per heavy atom. The molecule has 0 bridgehead atoms. The first-order valence-electron chi connectivity index (χ1n) is 13.5. The zero-order valence-corrected chi connectivity index (χ0v) is 22.1. The van der Waals surface area contributed by atoms with Crippen LogP contribution in [0.2, 0.25) is 0 Å². The first kappa shape index (κ1) is 24.8.